The van der Waals surface area contributed by atoms with Crippen molar-refractivity contribution in [3.8, 4) is 11.5 Å². The molecule has 1 fully saturated rings. The maximum Gasteiger partial charge on any atom is 0.142 e. The van der Waals surface area contributed by atoms with E-state index in [-0.39, 0.29) is 0 Å². The minimum atomic E-state index is -0.488. The molecule has 26 heavy (non-hydrogen) atoms. The Hall–Kier alpha value is -1.95. The molecule has 0 unspecified atom stereocenters. The van der Waals surface area contributed by atoms with Gasteiger partial charge in [0.25, 0.3) is 0 Å². The highest BCUT2D eigenvalue weighted by molar-refractivity contribution is 6.30. The Bertz CT molecular complexity index is 688. The van der Waals surface area contributed by atoms with E-state index in [1.54, 1.807) is 19.2 Å². The molecule has 1 saturated heterocycles. The molecule has 0 spiro atoms. The van der Waals surface area contributed by atoms with Gasteiger partial charge in [-0.3, -0.25) is 0 Å². The van der Waals surface area contributed by atoms with Crippen LogP contribution in [0.3, 0.4) is 0 Å². The lowest BCUT2D eigenvalue weighted by molar-refractivity contribution is -0.903. The van der Waals surface area contributed by atoms with Gasteiger partial charge in [0.15, 0.2) is 0 Å². The van der Waals surface area contributed by atoms with Gasteiger partial charge in [0, 0.05) is 5.02 Å². The SMILES string of the molecule is COc1ccccc1N1CC[NH+](C[C@H](O)COc2ccc(Cl)cc2)CC1. The van der Waals surface area contributed by atoms with Gasteiger partial charge in [0.2, 0.25) is 0 Å². The molecule has 0 aromatic heterocycles. The lowest BCUT2D eigenvalue weighted by Gasteiger charge is -2.35. The Kier molecular flexibility index (Phi) is 6.61. The van der Waals surface area contributed by atoms with E-state index in [0.29, 0.717) is 18.2 Å². The Balaban J connectivity index is 1.44. The van der Waals surface area contributed by atoms with Crippen LogP contribution in [0.25, 0.3) is 0 Å². The molecule has 0 amide bonds. The summed E-state index contributed by atoms with van der Waals surface area (Å²) in [7, 11) is 1.71. The van der Waals surface area contributed by atoms with Crippen molar-refractivity contribution < 1.29 is 19.5 Å². The Morgan fingerprint density at radius 3 is 2.50 bits per heavy atom. The number of aliphatic hydroxyl groups is 1. The van der Waals surface area contributed by atoms with Gasteiger partial charge in [0.1, 0.15) is 30.8 Å². The maximum atomic E-state index is 10.3. The molecule has 1 atom stereocenters. The minimum absolute atomic E-state index is 0.293. The number of methoxy groups -OCH3 is 1. The topological polar surface area (TPSA) is 46.4 Å². The van der Waals surface area contributed by atoms with E-state index in [0.717, 1.165) is 43.4 Å². The van der Waals surface area contributed by atoms with E-state index in [2.05, 4.69) is 11.0 Å². The molecule has 2 aromatic rings. The van der Waals surface area contributed by atoms with Crippen molar-refractivity contribution in [1.82, 2.24) is 0 Å². The second-order valence-electron chi connectivity index (χ2n) is 6.53. The Morgan fingerprint density at radius 1 is 1.12 bits per heavy atom. The number of rotatable bonds is 7. The molecule has 0 saturated carbocycles. The first-order chi connectivity index (χ1) is 12.7. The first-order valence-corrected chi connectivity index (χ1v) is 9.31. The van der Waals surface area contributed by atoms with Crippen LogP contribution < -0.4 is 19.3 Å². The van der Waals surface area contributed by atoms with E-state index in [9.17, 15) is 5.11 Å². The molecular formula is C20H26ClN2O3+. The summed E-state index contributed by atoms with van der Waals surface area (Å²) in [6, 6.07) is 15.3. The fourth-order valence-corrected chi connectivity index (χ4v) is 3.40. The summed E-state index contributed by atoms with van der Waals surface area (Å²) in [6.45, 7) is 4.84. The molecule has 1 aliphatic rings. The molecule has 0 aliphatic carbocycles. The number of benzene rings is 2. The summed E-state index contributed by atoms with van der Waals surface area (Å²) in [6.07, 6.45) is -0.488. The van der Waals surface area contributed by atoms with Crippen molar-refractivity contribution in [3.63, 3.8) is 0 Å². The summed E-state index contributed by atoms with van der Waals surface area (Å²) >= 11 is 5.86. The molecule has 2 aromatic carbocycles. The summed E-state index contributed by atoms with van der Waals surface area (Å²) in [5, 5.41) is 11.0. The number of nitrogens with zero attached hydrogens (tertiary/aromatic N) is 1. The first kappa shape index (κ1) is 18.8. The number of hydrogen-bond acceptors (Lipinski definition) is 4. The number of piperazine rings is 1. The number of aliphatic hydroxyl groups excluding tert-OH is 1. The van der Waals surface area contributed by atoms with Crippen LogP contribution in [-0.4, -0.2) is 57.7 Å². The van der Waals surface area contributed by atoms with Crippen LogP contribution in [0.2, 0.25) is 5.02 Å². The number of para-hydroxylation sites is 2. The number of nitrogens with one attached hydrogen (secondary N) is 1. The maximum absolute atomic E-state index is 10.3. The fraction of sp³-hybridized carbons (Fsp3) is 0.400. The number of ether oxygens (including phenoxy) is 2. The zero-order chi connectivity index (χ0) is 18.4. The number of quaternary nitrogens is 1. The zero-order valence-electron chi connectivity index (χ0n) is 15.0. The Morgan fingerprint density at radius 2 is 1.81 bits per heavy atom. The van der Waals surface area contributed by atoms with Crippen molar-refractivity contribution in [1.29, 1.82) is 0 Å². The fourth-order valence-electron chi connectivity index (χ4n) is 3.27. The molecule has 1 heterocycles. The predicted octanol–water partition coefficient (Wildman–Crippen LogP) is 1.49. The lowest BCUT2D eigenvalue weighted by Crippen LogP contribution is -3.16. The third-order valence-electron chi connectivity index (χ3n) is 4.68. The standard InChI is InChI=1S/C20H25ClN2O3/c1-25-20-5-3-2-4-19(20)23-12-10-22(11-13-23)14-17(24)15-26-18-8-6-16(21)7-9-18/h2-9,17,24H,10-15H2,1H3/p+1/t17-/m0/s1. The van der Waals surface area contributed by atoms with Crippen LogP contribution >= 0.6 is 11.6 Å². The number of hydrogen-bond donors (Lipinski definition) is 2. The second-order valence-corrected chi connectivity index (χ2v) is 6.97. The molecule has 140 valence electrons. The third kappa shape index (κ3) is 5.04. The van der Waals surface area contributed by atoms with Crippen molar-refractivity contribution in [2.45, 2.75) is 6.10 Å². The van der Waals surface area contributed by atoms with Gasteiger partial charge in [-0.05, 0) is 36.4 Å². The summed E-state index contributed by atoms with van der Waals surface area (Å²) < 4.78 is 11.1. The van der Waals surface area contributed by atoms with Gasteiger partial charge in [-0.15, -0.1) is 0 Å². The molecule has 3 rings (SSSR count). The highest BCUT2D eigenvalue weighted by Crippen LogP contribution is 2.27. The quantitative estimate of drug-likeness (QED) is 0.767. The highest BCUT2D eigenvalue weighted by atomic mass is 35.5. The predicted molar refractivity (Wildman–Crippen MR) is 104 cm³/mol. The van der Waals surface area contributed by atoms with Crippen LogP contribution in [0.15, 0.2) is 48.5 Å². The van der Waals surface area contributed by atoms with Crippen LogP contribution in [0, 0.1) is 0 Å². The van der Waals surface area contributed by atoms with Crippen molar-refractivity contribution in [2.24, 2.45) is 0 Å². The zero-order valence-corrected chi connectivity index (χ0v) is 15.8. The van der Waals surface area contributed by atoms with Crippen molar-refractivity contribution in [2.75, 3.05) is 51.3 Å². The number of anilines is 1. The monoisotopic (exact) mass is 377 g/mol. The molecule has 6 heteroatoms. The summed E-state index contributed by atoms with van der Waals surface area (Å²) in [5.74, 6) is 1.64. The van der Waals surface area contributed by atoms with E-state index in [4.69, 9.17) is 21.1 Å². The van der Waals surface area contributed by atoms with E-state index >= 15 is 0 Å². The van der Waals surface area contributed by atoms with E-state index < -0.39 is 6.10 Å². The van der Waals surface area contributed by atoms with Gasteiger partial charge < -0.3 is 24.4 Å². The van der Waals surface area contributed by atoms with Crippen LogP contribution in [0.1, 0.15) is 0 Å². The van der Waals surface area contributed by atoms with E-state index in [1.807, 2.05) is 30.3 Å². The van der Waals surface area contributed by atoms with Crippen LogP contribution in [-0.2, 0) is 0 Å². The molecule has 2 N–H and O–H groups in total. The largest absolute Gasteiger partial charge is 0.495 e. The average molecular weight is 378 g/mol. The molecule has 0 bridgehead atoms. The Labute approximate surface area is 159 Å². The minimum Gasteiger partial charge on any atom is -0.495 e. The van der Waals surface area contributed by atoms with Crippen molar-refractivity contribution in [3.05, 3.63) is 53.6 Å². The summed E-state index contributed by atoms with van der Waals surface area (Å²) in [4.78, 5) is 3.74. The molecule has 1 aliphatic heterocycles. The average Bonchev–Trinajstić information content (AvgIpc) is 2.68. The van der Waals surface area contributed by atoms with Crippen molar-refractivity contribution >= 4 is 17.3 Å². The molecule has 5 nitrogen and oxygen atoms in total. The number of halogens is 1. The summed E-state index contributed by atoms with van der Waals surface area (Å²) in [5.41, 5.74) is 1.14. The van der Waals surface area contributed by atoms with Crippen LogP contribution in [0.4, 0.5) is 5.69 Å². The molecular weight excluding hydrogens is 352 g/mol. The van der Waals surface area contributed by atoms with Gasteiger partial charge in [-0.25, -0.2) is 0 Å². The first-order valence-electron chi connectivity index (χ1n) is 8.93. The van der Waals surface area contributed by atoms with Gasteiger partial charge in [0.05, 0.1) is 39.0 Å². The second kappa shape index (κ2) is 9.12. The highest BCUT2D eigenvalue weighted by Gasteiger charge is 2.24. The normalized spacial score (nSPS) is 16.3. The van der Waals surface area contributed by atoms with Gasteiger partial charge >= 0.3 is 0 Å². The van der Waals surface area contributed by atoms with E-state index in [1.165, 1.54) is 4.90 Å². The molecule has 0 radical (unpaired) electrons. The third-order valence-corrected chi connectivity index (χ3v) is 4.93. The van der Waals surface area contributed by atoms with Crippen LogP contribution in [0.5, 0.6) is 11.5 Å². The smallest absolute Gasteiger partial charge is 0.142 e. The van der Waals surface area contributed by atoms with Gasteiger partial charge in [-0.2, -0.15) is 0 Å². The van der Waals surface area contributed by atoms with Gasteiger partial charge in [-0.1, -0.05) is 23.7 Å². The lowest BCUT2D eigenvalue weighted by atomic mass is 10.2.